The highest BCUT2D eigenvalue weighted by Gasteiger charge is 2.31. The van der Waals surface area contributed by atoms with Crippen molar-refractivity contribution in [3.63, 3.8) is 0 Å². The lowest BCUT2D eigenvalue weighted by Gasteiger charge is -2.30. The molecule has 0 bridgehead atoms. The summed E-state index contributed by atoms with van der Waals surface area (Å²) < 4.78 is 42.3. The number of alkyl halides is 3. The molecule has 1 fully saturated rings. The molecule has 1 N–H and O–H groups in total. The third-order valence-corrected chi connectivity index (χ3v) is 3.84. The van der Waals surface area contributed by atoms with E-state index in [2.05, 4.69) is 10.1 Å². The Bertz CT molecular complexity index is 485. The van der Waals surface area contributed by atoms with Crippen LogP contribution in [0.1, 0.15) is 36.4 Å². The highest BCUT2D eigenvalue weighted by molar-refractivity contribution is 5.69. The average molecular weight is 301 g/mol. The van der Waals surface area contributed by atoms with Crippen LogP contribution in [0.25, 0.3) is 0 Å². The van der Waals surface area contributed by atoms with Crippen LogP contribution in [0.2, 0.25) is 0 Å². The zero-order valence-corrected chi connectivity index (χ0v) is 11.7. The summed E-state index contributed by atoms with van der Waals surface area (Å²) >= 11 is 0. The molecule has 1 heterocycles. The number of benzene rings is 1. The van der Waals surface area contributed by atoms with Gasteiger partial charge in [-0.15, -0.1) is 0 Å². The number of piperidine rings is 1. The molecule has 2 rings (SSSR count). The van der Waals surface area contributed by atoms with Crippen LogP contribution in [0, 0.1) is 5.92 Å². The fourth-order valence-corrected chi connectivity index (χ4v) is 2.66. The predicted octanol–water partition coefficient (Wildman–Crippen LogP) is 3.31. The molecule has 1 aliphatic heterocycles. The van der Waals surface area contributed by atoms with Gasteiger partial charge in [0.15, 0.2) is 0 Å². The fourth-order valence-electron chi connectivity index (χ4n) is 2.66. The lowest BCUT2D eigenvalue weighted by Crippen LogP contribution is -2.32. The molecule has 6 heteroatoms. The molecule has 0 spiro atoms. The van der Waals surface area contributed by atoms with E-state index >= 15 is 0 Å². The summed E-state index contributed by atoms with van der Waals surface area (Å²) in [5.41, 5.74) is 0.172. The maximum Gasteiger partial charge on any atom is 0.416 e. The SMILES string of the molecule is COC(=O)C[C@@H]1CCN[C@H](c2ccc(C(F)(F)F)cc2)C1. The number of hydrogen-bond acceptors (Lipinski definition) is 3. The Morgan fingerprint density at radius 2 is 2.00 bits per heavy atom. The number of halogens is 3. The van der Waals surface area contributed by atoms with Gasteiger partial charge in [0.2, 0.25) is 0 Å². The summed E-state index contributed by atoms with van der Waals surface area (Å²) in [5, 5.41) is 3.28. The first-order valence-electron chi connectivity index (χ1n) is 6.87. The molecule has 21 heavy (non-hydrogen) atoms. The van der Waals surface area contributed by atoms with Crippen LogP contribution >= 0.6 is 0 Å². The molecule has 0 radical (unpaired) electrons. The highest BCUT2D eigenvalue weighted by atomic mass is 19.4. The first-order valence-corrected chi connectivity index (χ1v) is 6.87. The standard InChI is InChI=1S/C15H18F3NO2/c1-21-14(20)9-10-6-7-19-13(8-10)11-2-4-12(5-3-11)15(16,17)18/h2-5,10,13,19H,6-9H2,1H3/t10-,13+/m1/s1. The predicted molar refractivity (Wildman–Crippen MR) is 71.5 cm³/mol. The Hall–Kier alpha value is -1.56. The number of rotatable bonds is 3. The van der Waals surface area contributed by atoms with E-state index in [0.717, 1.165) is 37.1 Å². The van der Waals surface area contributed by atoms with Crippen molar-refractivity contribution in [1.29, 1.82) is 0 Å². The normalized spacial score (nSPS) is 22.9. The van der Waals surface area contributed by atoms with Gasteiger partial charge in [0.1, 0.15) is 0 Å². The molecular formula is C15H18F3NO2. The van der Waals surface area contributed by atoms with E-state index in [0.29, 0.717) is 6.42 Å². The zero-order valence-electron chi connectivity index (χ0n) is 11.7. The second-order valence-electron chi connectivity index (χ2n) is 5.30. The van der Waals surface area contributed by atoms with Crippen LogP contribution in [-0.2, 0) is 15.7 Å². The second-order valence-corrected chi connectivity index (χ2v) is 5.30. The van der Waals surface area contributed by atoms with E-state index in [-0.39, 0.29) is 17.9 Å². The molecule has 0 aliphatic carbocycles. The van der Waals surface area contributed by atoms with Gasteiger partial charge in [-0.25, -0.2) is 0 Å². The Morgan fingerprint density at radius 3 is 2.57 bits per heavy atom. The number of carbonyl (C=O) groups excluding carboxylic acids is 1. The van der Waals surface area contributed by atoms with Crippen LogP contribution in [-0.4, -0.2) is 19.6 Å². The van der Waals surface area contributed by atoms with Gasteiger partial charge in [-0.1, -0.05) is 12.1 Å². The van der Waals surface area contributed by atoms with E-state index in [4.69, 9.17) is 0 Å². The van der Waals surface area contributed by atoms with Gasteiger partial charge in [0.05, 0.1) is 12.7 Å². The van der Waals surface area contributed by atoms with Crippen molar-refractivity contribution in [2.45, 2.75) is 31.5 Å². The van der Waals surface area contributed by atoms with Gasteiger partial charge in [-0.05, 0) is 43.0 Å². The topological polar surface area (TPSA) is 38.3 Å². The quantitative estimate of drug-likeness (QED) is 0.871. The van der Waals surface area contributed by atoms with Crippen molar-refractivity contribution >= 4 is 5.97 Å². The average Bonchev–Trinajstić information content (AvgIpc) is 2.46. The molecule has 3 nitrogen and oxygen atoms in total. The molecule has 1 aromatic rings. The Labute approximate surface area is 121 Å². The number of carbonyl (C=O) groups is 1. The summed E-state index contributed by atoms with van der Waals surface area (Å²) in [6.45, 7) is 0.743. The van der Waals surface area contributed by atoms with Crippen LogP contribution in [0.3, 0.4) is 0 Å². The van der Waals surface area contributed by atoms with Crippen molar-refractivity contribution < 1.29 is 22.7 Å². The Kier molecular flexibility index (Phi) is 4.88. The largest absolute Gasteiger partial charge is 0.469 e. The maximum atomic E-state index is 12.5. The Balaban J connectivity index is 2.02. The van der Waals surface area contributed by atoms with Gasteiger partial charge in [0.25, 0.3) is 0 Å². The van der Waals surface area contributed by atoms with Crippen LogP contribution < -0.4 is 5.32 Å². The first kappa shape index (κ1) is 15.8. The number of nitrogens with one attached hydrogen (secondary N) is 1. The van der Waals surface area contributed by atoms with E-state index in [1.54, 1.807) is 0 Å². The van der Waals surface area contributed by atoms with Gasteiger partial charge in [-0.2, -0.15) is 13.2 Å². The summed E-state index contributed by atoms with van der Waals surface area (Å²) in [4.78, 5) is 11.3. The molecule has 2 atom stereocenters. The molecule has 0 saturated carbocycles. The molecular weight excluding hydrogens is 283 g/mol. The molecule has 0 amide bonds. The third kappa shape index (κ3) is 4.20. The van der Waals surface area contributed by atoms with E-state index < -0.39 is 11.7 Å². The first-order chi connectivity index (χ1) is 9.90. The van der Waals surface area contributed by atoms with Gasteiger partial charge in [-0.3, -0.25) is 4.79 Å². The number of esters is 1. The molecule has 1 aliphatic rings. The fraction of sp³-hybridized carbons (Fsp3) is 0.533. The van der Waals surface area contributed by atoms with Crippen molar-refractivity contribution in [3.05, 3.63) is 35.4 Å². The molecule has 1 saturated heterocycles. The molecule has 0 aromatic heterocycles. The monoisotopic (exact) mass is 301 g/mol. The number of hydrogen-bond donors (Lipinski definition) is 1. The van der Waals surface area contributed by atoms with Gasteiger partial charge >= 0.3 is 12.1 Å². The summed E-state index contributed by atoms with van der Waals surface area (Å²) in [6, 6.07) is 5.18. The minimum absolute atomic E-state index is 0.0179. The minimum atomic E-state index is -4.31. The van der Waals surface area contributed by atoms with Crippen molar-refractivity contribution in [2.75, 3.05) is 13.7 Å². The molecule has 0 unspecified atom stereocenters. The maximum absolute atomic E-state index is 12.5. The van der Waals surface area contributed by atoms with Crippen LogP contribution in [0.5, 0.6) is 0 Å². The van der Waals surface area contributed by atoms with Crippen LogP contribution in [0.15, 0.2) is 24.3 Å². The lowest BCUT2D eigenvalue weighted by molar-refractivity contribution is -0.142. The summed E-state index contributed by atoms with van der Waals surface area (Å²) in [5.74, 6) is -0.0425. The van der Waals surface area contributed by atoms with Gasteiger partial charge in [0, 0.05) is 12.5 Å². The Morgan fingerprint density at radius 1 is 1.33 bits per heavy atom. The van der Waals surface area contributed by atoms with Crippen molar-refractivity contribution in [3.8, 4) is 0 Å². The summed E-state index contributed by atoms with van der Waals surface area (Å²) in [7, 11) is 1.36. The molecule has 1 aromatic carbocycles. The van der Waals surface area contributed by atoms with Crippen molar-refractivity contribution in [2.24, 2.45) is 5.92 Å². The zero-order chi connectivity index (χ0) is 15.5. The smallest absolute Gasteiger partial charge is 0.416 e. The number of methoxy groups -OCH3 is 1. The minimum Gasteiger partial charge on any atom is -0.469 e. The van der Waals surface area contributed by atoms with Crippen LogP contribution in [0.4, 0.5) is 13.2 Å². The number of ether oxygens (including phenoxy) is 1. The summed E-state index contributed by atoms with van der Waals surface area (Å²) in [6.07, 6.45) is -2.37. The highest BCUT2D eigenvalue weighted by Crippen LogP contribution is 2.33. The third-order valence-electron chi connectivity index (χ3n) is 3.84. The van der Waals surface area contributed by atoms with E-state index in [1.165, 1.54) is 19.2 Å². The lowest BCUT2D eigenvalue weighted by atomic mass is 9.86. The van der Waals surface area contributed by atoms with E-state index in [9.17, 15) is 18.0 Å². The van der Waals surface area contributed by atoms with Gasteiger partial charge < -0.3 is 10.1 Å². The van der Waals surface area contributed by atoms with Crippen molar-refractivity contribution in [1.82, 2.24) is 5.32 Å². The molecule has 116 valence electrons. The second kappa shape index (κ2) is 6.47. The van der Waals surface area contributed by atoms with E-state index in [1.807, 2.05) is 0 Å².